The summed E-state index contributed by atoms with van der Waals surface area (Å²) >= 11 is 1.15. The highest BCUT2D eigenvalue weighted by Crippen LogP contribution is 2.29. The predicted molar refractivity (Wildman–Crippen MR) is 68.4 cm³/mol. The van der Waals surface area contributed by atoms with E-state index < -0.39 is 0 Å². The van der Waals surface area contributed by atoms with Gasteiger partial charge in [0.05, 0.1) is 0 Å². The molecule has 2 aromatic rings. The second-order valence-corrected chi connectivity index (χ2v) is 4.81. The zero-order chi connectivity index (χ0) is 13.1. The fourth-order valence-corrected chi connectivity index (χ4v) is 2.11. The van der Waals surface area contributed by atoms with Crippen LogP contribution in [0.3, 0.4) is 0 Å². The van der Waals surface area contributed by atoms with E-state index >= 15 is 0 Å². The molecule has 0 atom stereocenters. The summed E-state index contributed by atoms with van der Waals surface area (Å²) in [4.78, 5) is 4.23. The second-order valence-electron chi connectivity index (χ2n) is 4.10. The van der Waals surface area contributed by atoms with Gasteiger partial charge in [0.15, 0.2) is 0 Å². The highest BCUT2D eigenvalue weighted by Gasteiger charge is 2.13. The summed E-state index contributed by atoms with van der Waals surface area (Å²) < 4.78 is 23.2. The Balaban J connectivity index is 2.25. The predicted octanol–water partition coefficient (Wildman–Crippen LogP) is 3.05. The number of aromatic nitrogens is 2. The van der Waals surface area contributed by atoms with Crippen molar-refractivity contribution >= 4 is 11.5 Å². The van der Waals surface area contributed by atoms with Gasteiger partial charge in [-0.3, -0.25) is 0 Å². The molecule has 0 aliphatic rings. The molecule has 0 unspecified atom stereocenters. The molecule has 18 heavy (non-hydrogen) atoms. The minimum Gasteiger partial charge on any atom is -0.429 e. The molecule has 1 aromatic carbocycles. The monoisotopic (exact) mass is 267 g/mol. The van der Waals surface area contributed by atoms with Gasteiger partial charge in [-0.25, -0.2) is 4.39 Å². The molecule has 1 heterocycles. The number of halogens is 1. The van der Waals surface area contributed by atoms with Crippen LogP contribution in [0.1, 0.15) is 31.2 Å². The molecule has 0 amide bonds. The maximum Gasteiger partial charge on any atom is 0.298 e. The van der Waals surface area contributed by atoms with Crippen LogP contribution in [0.25, 0.3) is 0 Å². The van der Waals surface area contributed by atoms with Gasteiger partial charge in [-0.15, -0.1) is 0 Å². The van der Waals surface area contributed by atoms with Crippen LogP contribution in [0.5, 0.6) is 10.9 Å². The standard InChI is InChI=1S/C12H14FN3OS/c1-7(2)11-15-12(18-16-11)17-10-5-3-4-9(13)8(10)6-14/h3-5,7H,6,14H2,1-2H3. The van der Waals surface area contributed by atoms with Crippen molar-refractivity contribution in [2.75, 3.05) is 0 Å². The topological polar surface area (TPSA) is 61.0 Å². The molecule has 0 aliphatic carbocycles. The second kappa shape index (κ2) is 5.41. The van der Waals surface area contributed by atoms with Crippen molar-refractivity contribution in [3.05, 3.63) is 35.4 Å². The Hall–Kier alpha value is -1.53. The van der Waals surface area contributed by atoms with Gasteiger partial charge < -0.3 is 10.5 Å². The van der Waals surface area contributed by atoms with E-state index in [1.54, 1.807) is 12.1 Å². The van der Waals surface area contributed by atoms with Crippen LogP contribution in [-0.4, -0.2) is 9.36 Å². The molecular formula is C12H14FN3OS. The summed E-state index contributed by atoms with van der Waals surface area (Å²) in [6, 6.07) is 4.60. The molecule has 0 saturated carbocycles. The van der Waals surface area contributed by atoms with Crippen molar-refractivity contribution in [3.63, 3.8) is 0 Å². The van der Waals surface area contributed by atoms with Crippen molar-refractivity contribution in [1.29, 1.82) is 0 Å². The lowest BCUT2D eigenvalue weighted by atomic mass is 10.2. The average Bonchev–Trinajstić information content (AvgIpc) is 2.78. The van der Waals surface area contributed by atoms with Gasteiger partial charge in [-0.1, -0.05) is 19.9 Å². The molecule has 6 heteroatoms. The largest absolute Gasteiger partial charge is 0.429 e. The normalized spacial score (nSPS) is 10.9. The summed E-state index contributed by atoms with van der Waals surface area (Å²) in [6.45, 7) is 4.08. The van der Waals surface area contributed by atoms with Crippen LogP contribution in [0.2, 0.25) is 0 Å². The minimum absolute atomic E-state index is 0.0812. The van der Waals surface area contributed by atoms with E-state index in [2.05, 4.69) is 9.36 Å². The highest BCUT2D eigenvalue weighted by atomic mass is 32.1. The Kier molecular flexibility index (Phi) is 3.88. The van der Waals surface area contributed by atoms with Crippen LogP contribution in [0.4, 0.5) is 4.39 Å². The van der Waals surface area contributed by atoms with Gasteiger partial charge in [0.25, 0.3) is 5.19 Å². The first-order valence-corrected chi connectivity index (χ1v) is 6.38. The van der Waals surface area contributed by atoms with Crippen molar-refractivity contribution in [2.24, 2.45) is 5.73 Å². The number of rotatable bonds is 4. The lowest BCUT2D eigenvalue weighted by molar-refractivity contribution is 0.462. The van der Waals surface area contributed by atoms with Crippen LogP contribution in [-0.2, 0) is 6.54 Å². The smallest absolute Gasteiger partial charge is 0.298 e. The van der Waals surface area contributed by atoms with Gasteiger partial charge in [-0.05, 0) is 12.1 Å². The number of benzene rings is 1. The van der Waals surface area contributed by atoms with Crippen LogP contribution >= 0.6 is 11.5 Å². The van der Waals surface area contributed by atoms with E-state index in [-0.39, 0.29) is 18.3 Å². The zero-order valence-electron chi connectivity index (χ0n) is 10.2. The molecule has 0 spiro atoms. The molecule has 1 aromatic heterocycles. The number of ether oxygens (including phenoxy) is 1. The molecule has 0 aliphatic heterocycles. The molecule has 0 bridgehead atoms. The lowest BCUT2D eigenvalue weighted by Gasteiger charge is -2.07. The van der Waals surface area contributed by atoms with Crippen molar-refractivity contribution in [1.82, 2.24) is 9.36 Å². The maximum atomic E-state index is 13.5. The number of hydrogen-bond acceptors (Lipinski definition) is 5. The highest BCUT2D eigenvalue weighted by molar-refractivity contribution is 7.07. The van der Waals surface area contributed by atoms with E-state index in [1.165, 1.54) is 6.07 Å². The zero-order valence-corrected chi connectivity index (χ0v) is 11.0. The molecule has 0 fully saturated rings. The van der Waals surface area contributed by atoms with E-state index in [4.69, 9.17) is 10.5 Å². The van der Waals surface area contributed by atoms with Crippen molar-refractivity contribution in [3.8, 4) is 10.9 Å². The van der Waals surface area contributed by atoms with E-state index in [0.29, 0.717) is 16.5 Å². The van der Waals surface area contributed by atoms with E-state index in [1.807, 2.05) is 13.8 Å². The number of hydrogen-bond donors (Lipinski definition) is 1. The molecule has 2 N–H and O–H groups in total. The maximum absolute atomic E-state index is 13.5. The van der Waals surface area contributed by atoms with Gasteiger partial charge in [0.1, 0.15) is 17.4 Å². The summed E-state index contributed by atoms with van der Waals surface area (Å²) in [6.07, 6.45) is 0. The Morgan fingerprint density at radius 1 is 1.44 bits per heavy atom. The van der Waals surface area contributed by atoms with Crippen molar-refractivity contribution in [2.45, 2.75) is 26.3 Å². The first-order chi connectivity index (χ1) is 8.61. The fraction of sp³-hybridized carbons (Fsp3) is 0.333. The van der Waals surface area contributed by atoms with Gasteiger partial charge >= 0.3 is 0 Å². The molecule has 96 valence electrons. The molecule has 0 radical (unpaired) electrons. The number of nitrogens with two attached hydrogens (primary N) is 1. The van der Waals surface area contributed by atoms with E-state index in [9.17, 15) is 4.39 Å². The van der Waals surface area contributed by atoms with Crippen LogP contribution < -0.4 is 10.5 Å². The third kappa shape index (κ3) is 2.65. The Bertz CT molecular complexity index is 542. The van der Waals surface area contributed by atoms with Crippen LogP contribution in [0, 0.1) is 5.82 Å². The lowest BCUT2D eigenvalue weighted by Crippen LogP contribution is -2.02. The van der Waals surface area contributed by atoms with Gasteiger partial charge in [0, 0.05) is 29.6 Å². The van der Waals surface area contributed by atoms with E-state index in [0.717, 1.165) is 17.4 Å². The quantitative estimate of drug-likeness (QED) is 0.924. The summed E-state index contributed by atoms with van der Waals surface area (Å²) in [5, 5.41) is 0.402. The fourth-order valence-electron chi connectivity index (χ4n) is 1.42. The molecular weight excluding hydrogens is 253 g/mol. The summed E-state index contributed by atoms with van der Waals surface area (Å²) in [7, 11) is 0. The Morgan fingerprint density at radius 2 is 2.22 bits per heavy atom. The summed E-state index contributed by atoms with van der Waals surface area (Å²) in [5.74, 6) is 0.980. The van der Waals surface area contributed by atoms with Gasteiger partial charge in [0.2, 0.25) is 0 Å². The SMILES string of the molecule is CC(C)c1nsc(Oc2cccc(F)c2CN)n1. The molecule has 4 nitrogen and oxygen atoms in total. The minimum atomic E-state index is -0.372. The third-order valence-corrected chi connectivity index (χ3v) is 3.03. The first-order valence-electron chi connectivity index (χ1n) is 5.60. The van der Waals surface area contributed by atoms with Gasteiger partial charge in [-0.2, -0.15) is 9.36 Å². The molecule has 0 saturated heterocycles. The summed E-state index contributed by atoms with van der Waals surface area (Å²) in [5.41, 5.74) is 5.85. The van der Waals surface area contributed by atoms with Crippen molar-refractivity contribution < 1.29 is 9.13 Å². The number of nitrogens with zero attached hydrogens (tertiary/aromatic N) is 2. The molecule has 2 rings (SSSR count). The Morgan fingerprint density at radius 3 is 2.83 bits per heavy atom. The average molecular weight is 267 g/mol. The Labute approximate surface area is 109 Å². The van der Waals surface area contributed by atoms with Crippen LogP contribution in [0.15, 0.2) is 18.2 Å². The third-order valence-electron chi connectivity index (χ3n) is 2.42. The first kappa shape index (κ1) is 12.9.